The Morgan fingerprint density at radius 2 is 1.89 bits per heavy atom. The predicted octanol–water partition coefficient (Wildman–Crippen LogP) is 4.73. The van der Waals surface area contributed by atoms with E-state index < -0.39 is 11.6 Å². The molecule has 0 aliphatic carbocycles. The van der Waals surface area contributed by atoms with Gasteiger partial charge in [-0.15, -0.1) is 24.0 Å². The van der Waals surface area contributed by atoms with Crippen LogP contribution in [0.4, 0.5) is 8.78 Å². The standard InChI is InChI=1S/C19H26F2N4O.HI/c1-4-13(5-2)18-10-16(26-25-18)12-24-19(22-6-3)23-11-14-9-15(20)7-8-17(14)21;/h7-10,13H,4-6,11-12H2,1-3H3,(H2,22,23,24);1H. The summed E-state index contributed by atoms with van der Waals surface area (Å²) in [5.41, 5.74) is 1.16. The molecule has 5 nitrogen and oxygen atoms in total. The predicted molar refractivity (Wildman–Crippen MR) is 113 cm³/mol. The maximum absolute atomic E-state index is 13.7. The lowest BCUT2D eigenvalue weighted by atomic mass is 9.99. The number of aliphatic imine (C=N–C) groups is 1. The summed E-state index contributed by atoms with van der Waals surface area (Å²) in [5, 5.41) is 10.3. The summed E-state index contributed by atoms with van der Waals surface area (Å²) in [6.45, 7) is 7.27. The molecule has 27 heavy (non-hydrogen) atoms. The highest BCUT2D eigenvalue weighted by Gasteiger charge is 2.13. The number of halogens is 3. The van der Waals surface area contributed by atoms with Crippen molar-refractivity contribution in [3.05, 3.63) is 52.9 Å². The van der Waals surface area contributed by atoms with E-state index in [-0.39, 0.29) is 36.1 Å². The first-order valence-electron chi connectivity index (χ1n) is 8.98. The summed E-state index contributed by atoms with van der Waals surface area (Å²) in [5.74, 6) is 0.637. The molecule has 0 amide bonds. The third-order valence-electron chi connectivity index (χ3n) is 4.17. The minimum absolute atomic E-state index is 0. The number of benzene rings is 1. The van der Waals surface area contributed by atoms with Crippen LogP contribution in [0.1, 0.15) is 56.5 Å². The maximum atomic E-state index is 13.7. The highest BCUT2D eigenvalue weighted by atomic mass is 127. The molecule has 0 saturated carbocycles. The van der Waals surface area contributed by atoms with Crippen molar-refractivity contribution in [1.82, 2.24) is 15.8 Å². The Balaban J connectivity index is 0.00000364. The molecule has 0 atom stereocenters. The Kier molecular flexibility index (Phi) is 10.3. The summed E-state index contributed by atoms with van der Waals surface area (Å²) >= 11 is 0. The van der Waals surface area contributed by atoms with Crippen molar-refractivity contribution in [2.75, 3.05) is 6.54 Å². The normalized spacial score (nSPS) is 11.4. The summed E-state index contributed by atoms with van der Waals surface area (Å²) in [6, 6.07) is 5.29. The van der Waals surface area contributed by atoms with E-state index in [1.165, 1.54) is 0 Å². The first-order valence-corrected chi connectivity index (χ1v) is 8.98. The third-order valence-corrected chi connectivity index (χ3v) is 4.17. The zero-order chi connectivity index (χ0) is 18.9. The van der Waals surface area contributed by atoms with E-state index >= 15 is 0 Å². The first kappa shape index (κ1) is 23.3. The maximum Gasteiger partial charge on any atom is 0.191 e. The van der Waals surface area contributed by atoms with E-state index in [9.17, 15) is 8.78 Å². The molecule has 150 valence electrons. The smallest absolute Gasteiger partial charge is 0.191 e. The number of nitrogens with one attached hydrogen (secondary N) is 2. The lowest BCUT2D eigenvalue weighted by Crippen LogP contribution is -2.36. The average molecular weight is 492 g/mol. The fourth-order valence-corrected chi connectivity index (χ4v) is 2.65. The Morgan fingerprint density at radius 3 is 2.56 bits per heavy atom. The van der Waals surface area contributed by atoms with E-state index in [1.54, 1.807) is 0 Å². The van der Waals surface area contributed by atoms with Gasteiger partial charge in [0.15, 0.2) is 11.7 Å². The molecule has 0 bridgehead atoms. The van der Waals surface area contributed by atoms with Gasteiger partial charge in [-0.2, -0.15) is 0 Å². The molecule has 1 aromatic carbocycles. The molecule has 0 aliphatic rings. The fourth-order valence-electron chi connectivity index (χ4n) is 2.65. The van der Waals surface area contributed by atoms with Crippen LogP contribution in [-0.4, -0.2) is 17.7 Å². The molecule has 0 spiro atoms. The molecule has 1 aromatic heterocycles. The van der Waals surface area contributed by atoms with Gasteiger partial charge in [-0.25, -0.2) is 13.8 Å². The van der Waals surface area contributed by atoms with Crippen molar-refractivity contribution in [2.24, 2.45) is 4.99 Å². The van der Waals surface area contributed by atoms with Crippen LogP contribution in [-0.2, 0) is 13.1 Å². The quantitative estimate of drug-likeness (QED) is 0.318. The number of hydrogen-bond donors (Lipinski definition) is 2. The van der Waals surface area contributed by atoms with Gasteiger partial charge >= 0.3 is 0 Å². The van der Waals surface area contributed by atoms with Crippen molar-refractivity contribution in [3.8, 4) is 0 Å². The lowest BCUT2D eigenvalue weighted by Gasteiger charge is -2.10. The molecule has 2 aromatic rings. The molecule has 0 fully saturated rings. The molecule has 2 N–H and O–H groups in total. The largest absolute Gasteiger partial charge is 0.359 e. The average Bonchev–Trinajstić information content (AvgIpc) is 3.10. The van der Waals surface area contributed by atoms with Crippen LogP contribution in [0, 0.1) is 11.6 Å². The van der Waals surface area contributed by atoms with Crippen molar-refractivity contribution in [2.45, 2.75) is 52.6 Å². The second-order valence-electron chi connectivity index (χ2n) is 6.02. The van der Waals surface area contributed by atoms with E-state index in [1.807, 2.05) is 13.0 Å². The van der Waals surface area contributed by atoms with Gasteiger partial charge in [0.05, 0.1) is 18.8 Å². The monoisotopic (exact) mass is 492 g/mol. The molecule has 0 saturated heterocycles. The van der Waals surface area contributed by atoms with Gasteiger partial charge in [-0.3, -0.25) is 0 Å². The molecule has 2 rings (SSSR count). The summed E-state index contributed by atoms with van der Waals surface area (Å²) < 4.78 is 32.3. The Hall–Kier alpha value is -1.71. The second kappa shape index (κ2) is 11.9. The van der Waals surface area contributed by atoms with Gasteiger partial charge in [0.2, 0.25) is 0 Å². The van der Waals surface area contributed by atoms with Crippen LogP contribution >= 0.6 is 24.0 Å². The second-order valence-corrected chi connectivity index (χ2v) is 6.02. The lowest BCUT2D eigenvalue weighted by molar-refractivity contribution is 0.368. The highest BCUT2D eigenvalue weighted by molar-refractivity contribution is 14.0. The minimum Gasteiger partial charge on any atom is -0.359 e. The SMILES string of the molecule is CCNC(=NCc1cc(F)ccc1F)NCc1cc(C(CC)CC)no1.I. The van der Waals surface area contributed by atoms with Crippen LogP contribution < -0.4 is 10.6 Å². The topological polar surface area (TPSA) is 62.5 Å². The van der Waals surface area contributed by atoms with Gasteiger partial charge in [-0.1, -0.05) is 19.0 Å². The van der Waals surface area contributed by atoms with Gasteiger partial charge in [0.1, 0.15) is 11.6 Å². The van der Waals surface area contributed by atoms with Crippen molar-refractivity contribution in [3.63, 3.8) is 0 Å². The Bertz CT molecular complexity index is 732. The van der Waals surface area contributed by atoms with Crippen LogP contribution in [0.5, 0.6) is 0 Å². The highest BCUT2D eigenvalue weighted by Crippen LogP contribution is 2.22. The molecular formula is C19H27F2IN4O. The third kappa shape index (κ3) is 7.08. The van der Waals surface area contributed by atoms with Crippen LogP contribution in [0.25, 0.3) is 0 Å². The van der Waals surface area contributed by atoms with Crippen molar-refractivity contribution >= 4 is 29.9 Å². The minimum atomic E-state index is -0.481. The molecule has 0 aliphatic heterocycles. The van der Waals surface area contributed by atoms with E-state index in [4.69, 9.17) is 4.52 Å². The van der Waals surface area contributed by atoms with Crippen LogP contribution in [0.3, 0.4) is 0 Å². The van der Waals surface area contributed by atoms with Crippen LogP contribution in [0.15, 0.2) is 33.8 Å². The molecule has 0 unspecified atom stereocenters. The Labute approximate surface area is 176 Å². The fraction of sp³-hybridized carbons (Fsp3) is 0.474. The number of nitrogens with zero attached hydrogens (tertiary/aromatic N) is 2. The zero-order valence-corrected chi connectivity index (χ0v) is 18.2. The number of rotatable bonds is 8. The van der Waals surface area contributed by atoms with Crippen molar-refractivity contribution < 1.29 is 13.3 Å². The van der Waals surface area contributed by atoms with Gasteiger partial charge in [0, 0.05) is 24.1 Å². The molecule has 8 heteroatoms. The molecular weight excluding hydrogens is 465 g/mol. The van der Waals surface area contributed by atoms with Gasteiger partial charge in [-0.05, 0) is 38.0 Å². The first-order chi connectivity index (χ1) is 12.6. The number of hydrogen-bond acceptors (Lipinski definition) is 3. The zero-order valence-electron chi connectivity index (χ0n) is 15.9. The number of aromatic nitrogens is 1. The van der Waals surface area contributed by atoms with Crippen LogP contribution in [0.2, 0.25) is 0 Å². The van der Waals surface area contributed by atoms with E-state index in [0.717, 1.165) is 36.7 Å². The van der Waals surface area contributed by atoms with Gasteiger partial charge in [0.25, 0.3) is 0 Å². The summed E-state index contributed by atoms with van der Waals surface area (Å²) in [7, 11) is 0. The van der Waals surface area contributed by atoms with E-state index in [0.29, 0.717) is 30.7 Å². The van der Waals surface area contributed by atoms with Crippen molar-refractivity contribution in [1.29, 1.82) is 0 Å². The molecule has 1 heterocycles. The Morgan fingerprint density at radius 1 is 1.15 bits per heavy atom. The number of guanidine groups is 1. The molecule has 0 radical (unpaired) electrons. The van der Waals surface area contributed by atoms with E-state index in [2.05, 4.69) is 34.6 Å². The summed E-state index contributed by atoms with van der Waals surface area (Å²) in [4.78, 5) is 4.30. The van der Waals surface area contributed by atoms with Gasteiger partial charge < -0.3 is 15.2 Å². The summed E-state index contributed by atoms with van der Waals surface area (Å²) in [6.07, 6.45) is 2.03.